The largest absolute Gasteiger partial charge is 0.450 e. The second-order valence-corrected chi connectivity index (χ2v) is 6.19. The summed E-state index contributed by atoms with van der Waals surface area (Å²) in [6.45, 7) is 3.43. The van der Waals surface area contributed by atoms with E-state index in [0.717, 1.165) is 16.4 Å². The Balaban J connectivity index is 1.83. The van der Waals surface area contributed by atoms with Gasteiger partial charge in [-0.1, -0.05) is 6.07 Å². The number of piperidine rings is 1. The third-order valence-electron chi connectivity index (χ3n) is 3.44. The van der Waals surface area contributed by atoms with E-state index in [1.54, 1.807) is 11.8 Å². The van der Waals surface area contributed by atoms with Gasteiger partial charge in [0.1, 0.15) is 0 Å². The van der Waals surface area contributed by atoms with Crippen molar-refractivity contribution in [1.29, 1.82) is 0 Å². The number of hydrogen-bond donors (Lipinski definition) is 1. The summed E-state index contributed by atoms with van der Waals surface area (Å²) in [6, 6.07) is 7.62. The molecule has 0 spiro atoms. The molecular formula is C15H19IN2O3. The summed E-state index contributed by atoms with van der Waals surface area (Å²) in [7, 11) is 0. The van der Waals surface area contributed by atoms with Gasteiger partial charge >= 0.3 is 6.09 Å². The summed E-state index contributed by atoms with van der Waals surface area (Å²) in [4.78, 5) is 25.5. The van der Waals surface area contributed by atoms with Gasteiger partial charge in [0.05, 0.1) is 6.61 Å². The van der Waals surface area contributed by atoms with E-state index in [0.29, 0.717) is 25.3 Å². The molecular weight excluding hydrogens is 383 g/mol. The molecule has 1 aromatic carbocycles. The number of carbonyl (C=O) groups excluding carboxylic acids is 2. The van der Waals surface area contributed by atoms with Crippen molar-refractivity contribution >= 4 is 34.6 Å². The maximum absolute atomic E-state index is 12.2. The molecule has 0 aromatic heterocycles. The number of rotatable bonds is 3. The van der Waals surface area contributed by atoms with E-state index in [4.69, 9.17) is 4.74 Å². The number of carbonyl (C=O) groups is 2. The first-order chi connectivity index (χ1) is 10.1. The van der Waals surface area contributed by atoms with Crippen molar-refractivity contribution in [2.45, 2.75) is 25.8 Å². The molecule has 0 atom stereocenters. The maximum atomic E-state index is 12.2. The second kappa shape index (κ2) is 7.63. The number of ether oxygens (including phenoxy) is 1. The molecule has 5 nitrogen and oxygen atoms in total. The molecule has 114 valence electrons. The molecule has 1 heterocycles. The summed E-state index contributed by atoms with van der Waals surface area (Å²) < 4.78 is 6.02. The molecule has 0 radical (unpaired) electrons. The second-order valence-electron chi connectivity index (χ2n) is 4.94. The molecule has 1 aliphatic rings. The Labute approximate surface area is 138 Å². The van der Waals surface area contributed by atoms with E-state index in [9.17, 15) is 9.59 Å². The third kappa shape index (κ3) is 4.59. The van der Waals surface area contributed by atoms with Crippen LogP contribution in [-0.2, 0) is 4.74 Å². The van der Waals surface area contributed by atoms with Crippen LogP contribution in [0.3, 0.4) is 0 Å². The normalized spacial score (nSPS) is 15.6. The van der Waals surface area contributed by atoms with Crippen molar-refractivity contribution in [3.05, 3.63) is 33.4 Å². The summed E-state index contributed by atoms with van der Waals surface area (Å²) in [5.41, 5.74) is 0.676. The number of benzene rings is 1. The first-order valence-corrected chi connectivity index (χ1v) is 8.16. The van der Waals surface area contributed by atoms with Gasteiger partial charge in [-0.25, -0.2) is 4.79 Å². The lowest BCUT2D eigenvalue weighted by Crippen LogP contribution is -2.46. The molecule has 1 N–H and O–H groups in total. The van der Waals surface area contributed by atoms with Gasteiger partial charge < -0.3 is 15.0 Å². The zero-order valence-electron chi connectivity index (χ0n) is 12.0. The average molecular weight is 402 g/mol. The maximum Gasteiger partial charge on any atom is 0.409 e. The van der Waals surface area contributed by atoms with E-state index in [2.05, 4.69) is 27.9 Å². The zero-order valence-corrected chi connectivity index (χ0v) is 14.1. The molecule has 6 heteroatoms. The number of nitrogens with one attached hydrogen (secondary N) is 1. The van der Waals surface area contributed by atoms with E-state index >= 15 is 0 Å². The minimum atomic E-state index is -0.264. The first kappa shape index (κ1) is 16.1. The van der Waals surface area contributed by atoms with Crippen molar-refractivity contribution in [1.82, 2.24) is 10.2 Å². The first-order valence-electron chi connectivity index (χ1n) is 7.08. The molecule has 1 saturated heterocycles. The van der Waals surface area contributed by atoms with Crippen molar-refractivity contribution in [3.8, 4) is 0 Å². The van der Waals surface area contributed by atoms with Gasteiger partial charge in [0.25, 0.3) is 5.91 Å². The number of likely N-dealkylation sites (tertiary alicyclic amines) is 1. The number of nitrogens with zero attached hydrogens (tertiary/aromatic N) is 1. The predicted molar refractivity (Wildman–Crippen MR) is 88.2 cm³/mol. The Morgan fingerprint density at radius 1 is 1.38 bits per heavy atom. The van der Waals surface area contributed by atoms with Gasteiger partial charge in [-0.3, -0.25) is 4.79 Å². The average Bonchev–Trinajstić information content (AvgIpc) is 2.48. The highest BCUT2D eigenvalue weighted by atomic mass is 127. The molecule has 1 aromatic rings. The third-order valence-corrected chi connectivity index (χ3v) is 4.11. The minimum Gasteiger partial charge on any atom is -0.450 e. The monoisotopic (exact) mass is 402 g/mol. The lowest BCUT2D eigenvalue weighted by molar-refractivity contribution is 0.0860. The molecule has 0 unspecified atom stereocenters. The summed E-state index contributed by atoms with van der Waals surface area (Å²) in [5, 5.41) is 3.03. The van der Waals surface area contributed by atoms with Crippen LogP contribution in [0.1, 0.15) is 30.1 Å². The highest BCUT2D eigenvalue weighted by Crippen LogP contribution is 2.13. The number of amides is 2. The highest BCUT2D eigenvalue weighted by Gasteiger charge is 2.24. The number of hydrogen-bond acceptors (Lipinski definition) is 3. The van der Waals surface area contributed by atoms with Crippen LogP contribution in [0.5, 0.6) is 0 Å². The Morgan fingerprint density at radius 2 is 2.10 bits per heavy atom. The molecule has 0 bridgehead atoms. The van der Waals surface area contributed by atoms with E-state index in [1.165, 1.54) is 0 Å². The SMILES string of the molecule is CCOC(=O)N1CCC(NC(=O)c2cccc(I)c2)CC1. The van der Waals surface area contributed by atoms with E-state index < -0.39 is 0 Å². The molecule has 1 fully saturated rings. The van der Waals surface area contributed by atoms with Crippen LogP contribution in [0.4, 0.5) is 4.79 Å². The van der Waals surface area contributed by atoms with Crippen LogP contribution in [0.25, 0.3) is 0 Å². The van der Waals surface area contributed by atoms with Gasteiger partial charge in [-0.2, -0.15) is 0 Å². The fourth-order valence-corrected chi connectivity index (χ4v) is 2.86. The molecule has 21 heavy (non-hydrogen) atoms. The summed E-state index contributed by atoms with van der Waals surface area (Å²) >= 11 is 2.19. The van der Waals surface area contributed by atoms with Crippen LogP contribution in [-0.4, -0.2) is 42.6 Å². The van der Waals surface area contributed by atoms with Crippen molar-refractivity contribution in [2.24, 2.45) is 0 Å². The fourth-order valence-electron chi connectivity index (χ4n) is 2.32. The quantitative estimate of drug-likeness (QED) is 0.792. The van der Waals surface area contributed by atoms with Gasteiger partial charge in [0.2, 0.25) is 0 Å². The molecule has 1 aliphatic heterocycles. The van der Waals surface area contributed by atoms with Gasteiger partial charge in [0.15, 0.2) is 0 Å². The zero-order chi connectivity index (χ0) is 15.2. The number of halogens is 1. The Hall–Kier alpha value is -1.31. The lowest BCUT2D eigenvalue weighted by Gasteiger charge is -2.31. The predicted octanol–water partition coefficient (Wildman–Crippen LogP) is 2.64. The summed E-state index contributed by atoms with van der Waals surface area (Å²) in [6.07, 6.45) is 1.25. The van der Waals surface area contributed by atoms with Crippen LogP contribution < -0.4 is 5.32 Å². The Kier molecular flexibility index (Phi) is 5.84. The van der Waals surface area contributed by atoms with Gasteiger partial charge in [-0.15, -0.1) is 0 Å². The molecule has 0 saturated carbocycles. The standard InChI is InChI=1S/C15H19IN2O3/c1-2-21-15(20)18-8-6-13(7-9-18)17-14(19)11-4-3-5-12(16)10-11/h3-5,10,13H,2,6-9H2,1H3,(H,17,19). The van der Waals surface area contributed by atoms with Gasteiger partial charge in [0, 0.05) is 28.3 Å². The lowest BCUT2D eigenvalue weighted by atomic mass is 10.0. The van der Waals surface area contributed by atoms with Gasteiger partial charge in [-0.05, 0) is 60.6 Å². The highest BCUT2D eigenvalue weighted by molar-refractivity contribution is 14.1. The van der Waals surface area contributed by atoms with Crippen molar-refractivity contribution in [3.63, 3.8) is 0 Å². The topological polar surface area (TPSA) is 58.6 Å². The molecule has 2 amide bonds. The van der Waals surface area contributed by atoms with E-state index in [-0.39, 0.29) is 18.0 Å². The van der Waals surface area contributed by atoms with Crippen molar-refractivity contribution < 1.29 is 14.3 Å². The molecule has 2 rings (SSSR count). The fraction of sp³-hybridized carbons (Fsp3) is 0.467. The molecule has 0 aliphatic carbocycles. The van der Waals surface area contributed by atoms with Crippen LogP contribution in [0, 0.1) is 3.57 Å². The minimum absolute atomic E-state index is 0.0527. The summed E-state index contributed by atoms with van der Waals surface area (Å²) in [5.74, 6) is -0.0527. The van der Waals surface area contributed by atoms with Crippen LogP contribution in [0.15, 0.2) is 24.3 Å². The smallest absolute Gasteiger partial charge is 0.409 e. The van der Waals surface area contributed by atoms with E-state index in [1.807, 2.05) is 24.3 Å². The van der Waals surface area contributed by atoms with Crippen LogP contribution in [0.2, 0.25) is 0 Å². The van der Waals surface area contributed by atoms with Crippen molar-refractivity contribution in [2.75, 3.05) is 19.7 Å². The Morgan fingerprint density at radius 3 is 2.71 bits per heavy atom. The van der Waals surface area contributed by atoms with Crippen LogP contribution >= 0.6 is 22.6 Å². The Bertz CT molecular complexity index is 513.